The van der Waals surface area contributed by atoms with Gasteiger partial charge in [0.15, 0.2) is 5.76 Å². The molecule has 4 rings (SSSR count). The molecule has 0 spiro atoms. The summed E-state index contributed by atoms with van der Waals surface area (Å²) < 4.78 is 15.9. The van der Waals surface area contributed by atoms with Crippen LogP contribution in [0.15, 0.2) is 70.2 Å². The quantitative estimate of drug-likeness (QED) is 0.450. The van der Waals surface area contributed by atoms with Gasteiger partial charge in [0.05, 0.1) is 18.6 Å². The smallest absolute Gasteiger partial charge is 0.297 e. The van der Waals surface area contributed by atoms with E-state index in [2.05, 4.69) is 9.82 Å². The molecule has 154 valence electrons. The molecule has 0 radical (unpaired) electrons. The molecule has 0 unspecified atom stereocenters. The third-order valence-corrected chi connectivity index (χ3v) is 5.46. The lowest BCUT2D eigenvalue weighted by molar-refractivity contribution is 0.0959. The number of furan rings is 1. The van der Waals surface area contributed by atoms with Crippen molar-refractivity contribution >= 4 is 34.5 Å². The van der Waals surface area contributed by atoms with Crippen molar-refractivity contribution in [2.45, 2.75) is 11.4 Å². The zero-order chi connectivity index (χ0) is 21.1. The highest BCUT2D eigenvalue weighted by atomic mass is 32.2. The largest absolute Gasteiger partial charge is 0.496 e. The van der Waals surface area contributed by atoms with E-state index >= 15 is 0 Å². The minimum atomic E-state index is -0.304. The number of hydrogen-bond donors (Lipinski definition) is 1. The number of methoxy groups -OCH3 is 1. The molecule has 30 heavy (non-hydrogen) atoms. The van der Waals surface area contributed by atoms with Gasteiger partial charge in [-0.15, -0.1) is 0 Å². The Hall–Kier alpha value is -3.39. The SMILES string of the molecule is COc1ccc(Cn2cccn2)cc1SNC(=O)c1cc2ccc(N(C)C)cc2o1. The summed E-state index contributed by atoms with van der Waals surface area (Å²) in [5.41, 5.74) is 2.74. The van der Waals surface area contributed by atoms with E-state index in [0.29, 0.717) is 17.9 Å². The van der Waals surface area contributed by atoms with Crippen LogP contribution in [0.2, 0.25) is 0 Å². The fourth-order valence-electron chi connectivity index (χ4n) is 3.04. The number of anilines is 1. The molecular weight excluding hydrogens is 400 g/mol. The lowest BCUT2D eigenvalue weighted by Crippen LogP contribution is -2.15. The number of ether oxygens (including phenoxy) is 1. The Bertz CT molecular complexity index is 1170. The highest BCUT2D eigenvalue weighted by molar-refractivity contribution is 7.98. The van der Waals surface area contributed by atoms with Gasteiger partial charge in [-0.1, -0.05) is 6.07 Å². The average molecular weight is 423 g/mol. The summed E-state index contributed by atoms with van der Waals surface area (Å²) in [6.07, 6.45) is 3.65. The van der Waals surface area contributed by atoms with E-state index in [1.165, 1.54) is 11.9 Å². The second-order valence-corrected chi connectivity index (χ2v) is 7.80. The first-order valence-corrected chi connectivity index (χ1v) is 10.2. The van der Waals surface area contributed by atoms with E-state index in [0.717, 1.165) is 21.5 Å². The maximum absolute atomic E-state index is 12.7. The zero-order valence-corrected chi connectivity index (χ0v) is 17.8. The molecule has 2 aromatic carbocycles. The monoisotopic (exact) mass is 422 g/mol. The second kappa shape index (κ2) is 8.54. The van der Waals surface area contributed by atoms with E-state index in [9.17, 15) is 4.79 Å². The molecule has 0 atom stereocenters. The van der Waals surface area contributed by atoms with Crippen molar-refractivity contribution in [3.63, 3.8) is 0 Å². The number of nitrogens with one attached hydrogen (secondary N) is 1. The minimum Gasteiger partial charge on any atom is -0.496 e. The van der Waals surface area contributed by atoms with E-state index in [1.807, 2.05) is 72.3 Å². The molecule has 0 saturated heterocycles. The summed E-state index contributed by atoms with van der Waals surface area (Å²) in [7, 11) is 5.53. The minimum absolute atomic E-state index is 0.264. The van der Waals surface area contributed by atoms with Crippen LogP contribution in [0.5, 0.6) is 5.75 Å². The molecule has 0 aliphatic rings. The van der Waals surface area contributed by atoms with Gasteiger partial charge in [0.1, 0.15) is 11.3 Å². The van der Waals surface area contributed by atoms with Crippen molar-refractivity contribution in [2.75, 3.05) is 26.1 Å². The molecule has 0 aliphatic heterocycles. The molecule has 4 aromatic rings. The Morgan fingerprint density at radius 2 is 2.10 bits per heavy atom. The number of aromatic nitrogens is 2. The summed E-state index contributed by atoms with van der Waals surface area (Å²) in [5.74, 6) is 0.645. The number of benzene rings is 2. The first-order chi connectivity index (χ1) is 14.5. The molecule has 2 aromatic heterocycles. The van der Waals surface area contributed by atoms with E-state index in [-0.39, 0.29) is 11.7 Å². The van der Waals surface area contributed by atoms with Gasteiger partial charge in [-0.3, -0.25) is 14.2 Å². The summed E-state index contributed by atoms with van der Waals surface area (Å²) in [6, 6.07) is 15.3. The van der Waals surface area contributed by atoms with E-state index < -0.39 is 0 Å². The van der Waals surface area contributed by atoms with Crippen LogP contribution >= 0.6 is 11.9 Å². The predicted octanol–water partition coefficient (Wildman–Crippen LogP) is 4.19. The lowest BCUT2D eigenvalue weighted by atomic mass is 10.2. The van der Waals surface area contributed by atoms with Gasteiger partial charge in [0.2, 0.25) is 0 Å². The van der Waals surface area contributed by atoms with Crippen LogP contribution in [0.4, 0.5) is 5.69 Å². The Labute approximate surface area is 178 Å². The normalized spacial score (nSPS) is 10.9. The van der Waals surface area contributed by atoms with Gasteiger partial charge < -0.3 is 14.1 Å². The van der Waals surface area contributed by atoms with Crippen molar-refractivity contribution in [1.82, 2.24) is 14.5 Å². The second-order valence-electron chi connectivity index (χ2n) is 6.95. The lowest BCUT2D eigenvalue weighted by Gasteiger charge is -2.11. The number of carbonyl (C=O) groups is 1. The van der Waals surface area contributed by atoms with Gasteiger partial charge in [-0.05, 0) is 53.9 Å². The molecular formula is C22H22N4O3S. The molecule has 0 fully saturated rings. The van der Waals surface area contributed by atoms with Crippen LogP contribution in [0, 0.1) is 0 Å². The third kappa shape index (κ3) is 4.28. The number of nitrogens with zero attached hydrogens (tertiary/aromatic N) is 3. The van der Waals surface area contributed by atoms with Crippen LogP contribution in [-0.2, 0) is 6.54 Å². The number of carbonyl (C=O) groups excluding carboxylic acids is 1. The Balaban J connectivity index is 1.49. The number of amides is 1. The molecule has 0 saturated carbocycles. The maximum atomic E-state index is 12.7. The summed E-state index contributed by atoms with van der Waals surface area (Å²) >= 11 is 1.20. The Morgan fingerprint density at radius 3 is 2.83 bits per heavy atom. The van der Waals surface area contributed by atoms with E-state index in [4.69, 9.17) is 9.15 Å². The standard InChI is InChI=1S/C22H22N4O3S/c1-25(2)17-7-6-16-12-20(29-19(16)13-17)22(27)24-30-21-11-15(5-8-18(21)28-3)14-26-10-4-9-23-26/h4-13H,14H2,1-3H3,(H,24,27). The first kappa shape index (κ1) is 19.9. The number of rotatable bonds is 7. The Kier molecular flexibility index (Phi) is 5.67. The summed E-state index contributed by atoms with van der Waals surface area (Å²) in [4.78, 5) is 15.4. The molecule has 0 bridgehead atoms. The first-order valence-electron chi connectivity index (χ1n) is 9.36. The highest BCUT2D eigenvalue weighted by Gasteiger charge is 2.15. The maximum Gasteiger partial charge on any atom is 0.297 e. The molecule has 0 aliphatic carbocycles. The highest BCUT2D eigenvalue weighted by Crippen LogP contribution is 2.30. The fraction of sp³-hybridized carbons (Fsp3) is 0.182. The van der Waals surface area contributed by atoms with Crippen molar-refractivity contribution < 1.29 is 13.9 Å². The van der Waals surface area contributed by atoms with Gasteiger partial charge in [-0.2, -0.15) is 5.10 Å². The number of hydrogen-bond acceptors (Lipinski definition) is 6. The summed E-state index contributed by atoms with van der Waals surface area (Å²) in [5, 5.41) is 5.11. The molecule has 2 heterocycles. The van der Waals surface area contributed by atoms with Crippen LogP contribution in [-0.4, -0.2) is 36.9 Å². The topological polar surface area (TPSA) is 72.5 Å². The van der Waals surface area contributed by atoms with E-state index in [1.54, 1.807) is 19.4 Å². The molecule has 8 heteroatoms. The third-order valence-electron chi connectivity index (χ3n) is 4.63. The van der Waals surface area contributed by atoms with Crippen molar-refractivity contribution in [3.05, 3.63) is 72.2 Å². The fourth-order valence-corrected chi connectivity index (χ4v) is 3.81. The molecule has 1 amide bonds. The van der Waals surface area contributed by atoms with Crippen LogP contribution in [0.25, 0.3) is 11.0 Å². The van der Waals surface area contributed by atoms with Crippen molar-refractivity contribution in [3.8, 4) is 5.75 Å². The summed E-state index contributed by atoms with van der Waals surface area (Å²) in [6.45, 7) is 0.635. The van der Waals surface area contributed by atoms with Crippen LogP contribution in [0.1, 0.15) is 16.1 Å². The van der Waals surface area contributed by atoms with Gasteiger partial charge in [-0.25, -0.2) is 0 Å². The Morgan fingerprint density at radius 1 is 1.23 bits per heavy atom. The average Bonchev–Trinajstić information content (AvgIpc) is 3.41. The van der Waals surface area contributed by atoms with Gasteiger partial charge in [0.25, 0.3) is 5.91 Å². The zero-order valence-electron chi connectivity index (χ0n) is 17.0. The van der Waals surface area contributed by atoms with Gasteiger partial charge >= 0.3 is 0 Å². The number of fused-ring (bicyclic) bond motifs is 1. The van der Waals surface area contributed by atoms with Crippen molar-refractivity contribution in [1.29, 1.82) is 0 Å². The van der Waals surface area contributed by atoms with Crippen LogP contribution in [0.3, 0.4) is 0 Å². The molecule has 7 nitrogen and oxygen atoms in total. The van der Waals surface area contributed by atoms with Gasteiger partial charge in [0, 0.05) is 43.6 Å². The van der Waals surface area contributed by atoms with Crippen LogP contribution < -0.4 is 14.4 Å². The molecule has 1 N–H and O–H groups in total. The predicted molar refractivity (Wildman–Crippen MR) is 118 cm³/mol. The van der Waals surface area contributed by atoms with Crippen molar-refractivity contribution in [2.24, 2.45) is 0 Å².